The van der Waals surface area contributed by atoms with Crippen molar-refractivity contribution >= 4 is 64.6 Å². The van der Waals surface area contributed by atoms with Gasteiger partial charge in [0.25, 0.3) is 11.8 Å². The van der Waals surface area contributed by atoms with Crippen molar-refractivity contribution in [2.24, 2.45) is 0 Å². The molecule has 0 spiro atoms. The van der Waals surface area contributed by atoms with E-state index in [0.29, 0.717) is 22.8 Å². The van der Waals surface area contributed by atoms with Crippen molar-refractivity contribution in [1.82, 2.24) is 10.2 Å². The van der Waals surface area contributed by atoms with Crippen molar-refractivity contribution in [3.8, 4) is 17.2 Å². The van der Waals surface area contributed by atoms with Gasteiger partial charge in [0.1, 0.15) is 23.9 Å². The first kappa shape index (κ1) is 48.7. The average molecular weight is 906 g/mol. The van der Waals surface area contributed by atoms with Crippen LogP contribution in [0.3, 0.4) is 0 Å². The molecule has 0 bridgehead atoms. The van der Waals surface area contributed by atoms with Crippen molar-refractivity contribution in [3.05, 3.63) is 107 Å². The Balaban J connectivity index is 1.28. The van der Waals surface area contributed by atoms with Gasteiger partial charge in [-0.3, -0.25) is 18.6 Å². The van der Waals surface area contributed by atoms with Crippen LogP contribution < -0.4 is 24.8 Å². The molecule has 0 aliphatic carbocycles. The van der Waals surface area contributed by atoms with E-state index in [1.54, 1.807) is 77.9 Å². The van der Waals surface area contributed by atoms with Gasteiger partial charge < -0.3 is 34.9 Å². The number of carbonyl (C=O) groups is 3. The van der Waals surface area contributed by atoms with Gasteiger partial charge >= 0.3 is 13.9 Å². The monoisotopic (exact) mass is 905 g/mol. The Labute approximate surface area is 373 Å². The first-order valence-corrected chi connectivity index (χ1v) is 22.3. The lowest BCUT2D eigenvalue weighted by atomic mass is 10.0. The Morgan fingerprint density at radius 2 is 1.17 bits per heavy atom. The predicted molar refractivity (Wildman–Crippen MR) is 246 cm³/mol. The number of hydrogen-bond donors (Lipinski definition) is 3. The Kier molecular flexibility index (Phi) is 15.8. The molecule has 0 unspecified atom stereocenters. The summed E-state index contributed by atoms with van der Waals surface area (Å²) in [6.45, 7) is 15.8. The average Bonchev–Trinajstić information content (AvgIpc) is 3.17. The molecule has 0 radical (unpaired) electrons. The molecule has 0 aliphatic rings. The second-order valence-electron chi connectivity index (χ2n) is 17.6. The van der Waals surface area contributed by atoms with Gasteiger partial charge in [0.2, 0.25) is 0 Å². The zero-order valence-electron chi connectivity index (χ0n) is 37.2. The van der Waals surface area contributed by atoms with Crippen LogP contribution in [0.25, 0.3) is 21.5 Å². The number of carboxylic acid groups (broad SMARTS) is 1. The molecule has 16 heteroatoms. The molecule has 63 heavy (non-hydrogen) atoms. The molecule has 3 N–H and O–H groups in total. The van der Waals surface area contributed by atoms with Gasteiger partial charge in [0, 0.05) is 23.2 Å². The number of rotatable bonds is 18. The Bertz CT molecular complexity index is 2460. The number of nitrogens with one attached hydrogen (secondary N) is 2. The number of nitrogens with zero attached hydrogens (tertiary/aromatic N) is 1. The Hall–Kier alpha value is -5.37. The van der Waals surface area contributed by atoms with Crippen LogP contribution in [-0.2, 0) is 18.1 Å². The highest BCUT2D eigenvalue weighted by molar-refractivity contribution is 7.48. The maximum absolute atomic E-state index is 14.0. The molecule has 0 atom stereocenters. The minimum atomic E-state index is -4.11. The number of fused-ring (bicyclic) bond motifs is 2. The van der Waals surface area contributed by atoms with E-state index in [1.165, 1.54) is 11.0 Å². The SMILES string of the molecule is CC(C)(C)OP(=O)(OCOc1cc(Cl)ccc1NC(=O)c1cc2ccccc2cc1OCCNC(=O)c1cc2ccccc2cc1OCCCN(C(=O)O)C(C)(C)C)OC(C)(C)C. The fraction of sp³-hybridized carbons (Fsp3) is 0.383. The highest BCUT2D eigenvalue weighted by Crippen LogP contribution is 2.55. The first-order valence-electron chi connectivity index (χ1n) is 20.5. The van der Waals surface area contributed by atoms with Crippen molar-refractivity contribution < 1.29 is 51.8 Å². The number of anilines is 1. The van der Waals surface area contributed by atoms with Crippen LogP contribution >= 0.6 is 19.4 Å². The molecule has 5 rings (SSSR count). The Morgan fingerprint density at radius 1 is 0.667 bits per heavy atom. The number of carbonyl (C=O) groups excluding carboxylic acids is 2. The van der Waals surface area contributed by atoms with Crippen LogP contribution in [-0.4, -0.2) is 77.8 Å². The molecule has 338 valence electrons. The normalized spacial score (nSPS) is 12.2. The summed E-state index contributed by atoms with van der Waals surface area (Å²) >= 11 is 6.32. The maximum Gasteiger partial charge on any atom is 0.478 e. The molecular weight excluding hydrogens is 849 g/mol. The number of halogens is 1. The fourth-order valence-electron chi connectivity index (χ4n) is 6.38. The standard InChI is InChI=1S/C47H57ClN3O11P/c1-45(2,3)51(44(54)55)22-14-23-57-39-27-33-17-12-10-15-31(33)25-36(39)42(52)49-21-24-58-40-28-34-18-13-11-16-32(34)26-37(40)43(53)50-38-20-19-35(48)29-41(38)59-30-60-63(56,61-46(4,5)6)62-47(7,8)9/h10-13,15-20,25-29H,14,21-24,30H2,1-9H3,(H,49,52)(H,50,53)(H,54,55). The zero-order chi connectivity index (χ0) is 46.2. The number of benzene rings is 5. The molecule has 0 heterocycles. The van der Waals surface area contributed by atoms with Gasteiger partial charge in [0.15, 0.2) is 6.79 Å². The van der Waals surface area contributed by atoms with Gasteiger partial charge in [-0.2, -0.15) is 0 Å². The largest absolute Gasteiger partial charge is 0.493 e. The molecule has 5 aromatic carbocycles. The van der Waals surface area contributed by atoms with Crippen LogP contribution in [0, 0.1) is 0 Å². The van der Waals surface area contributed by atoms with E-state index in [0.717, 1.165) is 21.5 Å². The van der Waals surface area contributed by atoms with Crippen molar-refractivity contribution in [3.63, 3.8) is 0 Å². The molecule has 0 fully saturated rings. The van der Waals surface area contributed by atoms with Crippen molar-refractivity contribution in [1.29, 1.82) is 0 Å². The third-order valence-corrected chi connectivity index (χ3v) is 11.2. The molecule has 0 saturated carbocycles. The lowest BCUT2D eigenvalue weighted by Gasteiger charge is -2.33. The molecule has 3 amide bonds. The number of amides is 3. The van der Waals surface area contributed by atoms with E-state index >= 15 is 0 Å². The number of ether oxygens (including phenoxy) is 3. The second kappa shape index (κ2) is 20.4. The third kappa shape index (κ3) is 14.3. The molecule has 0 saturated heterocycles. The third-order valence-electron chi connectivity index (χ3n) is 9.04. The molecule has 0 aromatic heterocycles. The van der Waals surface area contributed by atoms with Gasteiger partial charge in [0.05, 0.1) is 41.2 Å². The van der Waals surface area contributed by atoms with Gasteiger partial charge in [-0.05, 0) is 127 Å². The Morgan fingerprint density at radius 3 is 1.68 bits per heavy atom. The highest BCUT2D eigenvalue weighted by Gasteiger charge is 2.37. The quantitative estimate of drug-likeness (QED) is 0.0434. The van der Waals surface area contributed by atoms with Crippen LogP contribution in [0.5, 0.6) is 17.2 Å². The number of phosphoric acid groups is 1. The van der Waals surface area contributed by atoms with E-state index in [9.17, 15) is 24.1 Å². The summed E-state index contributed by atoms with van der Waals surface area (Å²) in [5.74, 6) is -0.175. The highest BCUT2D eigenvalue weighted by atomic mass is 35.5. The first-order chi connectivity index (χ1) is 29.5. The maximum atomic E-state index is 14.0. The summed E-state index contributed by atoms with van der Waals surface area (Å²) in [4.78, 5) is 40.9. The van der Waals surface area contributed by atoms with E-state index in [4.69, 9.17) is 39.4 Å². The lowest BCUT2D eigenvalue weighted by molar-refractivity contribution is -0.0188. The predicted octanol–water partition coefficient (Wildman–Crippen LogP) is 11.3. The van der Waals surface area contributed by atoms with E-state index in [2.05, 4.69) is 10.6 Å². The smallest absolute Gasteiger partial charge is 0.478 e. The second-order valence-corrected chi connectivity index (χ2v) is 19.6. The topological polar surface area (TPSA) is 171 Å². The molecular formula is C47H57ClN3O11P. The summed E-state index contributed by atoms with van der Waals surface area (Å²) < 4.78 is 48.6. The van der Waals surface area contributed by atoms with Gasteiger partial charge in [-0.1, -0.05) is 60.1 Å². The van der Waals surface area contributed by atoms with Crippen LogP contribution in [0.2, 0.25) is 5.02 Å². The minimum absolute atomic E-state index is 0.00589. The summed E-state index contributed by atoms with van der Waals surface area (Å²) in [7, 11) is -4.11. The molecule has 5 aromatic rings. The van der Waals surface area contributed by atoms with E-state index in [1.807, 2.05) is 69.3 Å². The minimum Gasteiger partial charge on any atom is -0.493 e. The summed E-state index contributed by atoms with van der Waals surface area (Å²) in [5, 5.41) is 19.1. The summed E-state index contributed by atoms with van der Waals surface area (Å²) in [6.07, 6.45) is -0.601. The summed E-state index contributed by atoms with van der Waals surface area (Å²) in [5.41, 5.74) is -1.55. The van der Waals surface area contributed by atoms with E-state index < -0.39 is 49.3 Å². The van der Waals surface area contributed by atoms with Crippen LogP contribution in [0.4, 0.5) is 10.5 Å². The summed E-state index contributed by atoms with van der Waals surface area (Å²) in [6, 6.07) is 26.7. The molecule has 14 nitrogen and oxygen atoms in total. The van der Waals surface area contributed by atoms with Gasteiger partial charge in [-0.15, -0.1) is 0 Å². The van der Waals surface area contributed by atoms with Crippen molar-refractivity contribution in [2.45, 2.75) is 85.5 Å². The fourth-order valence-corrected chi connectivity index (χ4v) is 8.21. The van der Waals surface area contributed by atoms with E-state index in [-0.39, 0.29) is 49.1 Å². The molecule has 0 aliphatic heterocycles. The van der Waals surface area contributed by atoms with Crippen LogP contribution in [0.15, 0.2) is 91.0 Å². The van der Waals surface area contributed by atoms with Crippen LogP contribution in [0.1, 0.15) is 89.5 Å². The zero-order valence-corrected chi connectivity index (χ0v) is 38.9. The lowest BCUT2D eigenvalue weighted by Crippen LogP contribution is -2.45. The van der Waals surface area contributed by atoms with Gasteiger partial charge in [-0.25, -0.2) is 13.9 Å². The number of hydrogen-bond acceptors (Lipinski definition) is 10. The number of phosphoric ester groups is 1. The van der Waals surface area contributed by atoms with Crippen molar-refractivity contribution in [2.75, 3.05) is 38.4 Å².